The summed E-state index contributed by atoms with van der Waals surface area (Å²) in [5.41, 5.74) is 1.33. The average Bonchev–Trinajstić information content (AvgIpc) is 3.53. The van der Waals surface area contributed by atoms with Gasteiger partial charge in [-0.2, -0.15) is 0 Å². The molecular weight excluding hydrogens is 520 g/mol. The molecule has 1 saturated heterocycles. The molecule has 9 nitrogen and oxygen atoms in total. The van der Waals surface area contributed by atoms with Crippen LogP contribution in [0.2, 0.25) is 5.02 Å². The van der Waals surface area contributed by atoms with Gasteiger partial charge in [-0.05, 0) is 49.4 Å². The molecule has 3 aromatic carbocycles. The summed E-state index contributed by atoms with van der Waals surface area (Å²) in [7, 11) is 0.871. The number of fused-ring (bicyclic) bond motifs is 1. The quantitative estimate of drug-likeness (QED) is 0.437. The molecule has 2 heterocycles. The average molecular weight is 547 g/mol. The standard InChI is InChI=1S/C26H27ClN2O7S/c1-29-9-8-18(14-29)36-22-11-17(5-6-20(22)27)28-37(30,31)26-13-24(33-3)23(32-2)12-19(26)16-4-7-21-25(10-16)35-15-34-21/h4-7,10-13,18,28H,8-9,14-15H2,1-3H3/t18-/m1/s1. The number of likely N-dealkylation sites (N-methyl/N-ethyl adjacent to an activating group) is 1. The lowest BCUT2D eigenvalue weighted by Crippen LogP contribution is -2.21. The lowest BCUT2D eigenvalue weighted by molar-refractivity contribution is 0.174. The summed E-state index contributed by atoms with van der Waals surface area (Å²) >= 11 is 6.36. The fraction of sp³-hybridized carbons (Fsp3) is 0.308. The molecule has 2 aliphatic rings. The number of likely N-dealkylation sites (tertiary alicyclic amines) is 1. The van der Waals surface area contributed by atoms with Crippen molar-refractivity contribution in [2.45, 2.75) is 17.4 Å². The SMILES string of the molecule is COc1cc(-c2ccc3c(c2)OCO3)c(S(=O)(=O)Nc2ccc(Cl)c(O[C@@H]3CCN(C)C3)c2)cc1OC. The summed E-state index contributed by atoms with van der Waals surface area (Å²) in [6, 6.07) is 13.1. The van der Waals surface area contributed by atoms with Gasteiger partial charge in [-0.15, -0.1) is 0 Å². The number of methoxy groups -OCH3 is 2. The Bertz CT molecular complexity index is 1430. The molecule has 37 heavy (non-hydrogen) atoms. The first-order chi connectivity index (χ1) is 17.8. The number of ether oxygens (including phenoxy) is 5. The normalized spacial score (nSPS) is 17.0. The van der Waals surface area contributed by atoms with Crippen molar-refractivity contribution in [3.05, 3.63) is 53.6 Å². The van der Waals surface area contributed by atoms with Crippen LogP contribution in [-0.2, 0) is 10.0 Å². The van der Waals surface area contributed by atoms with Crippen molar-refractivity contribution in [2.24, 2.45) is 0 Å². The van der Waals surface area contributed by atoms with Crippen LogP contribution in [0.4, 0.5) is 5.69 Å². The monoisotopic (exact) mass is 546 g/mol. The molecule has 0 radical (unpaired) electrons. The zero-order chi connectivity index (χ0) is 26.2. The fourth-order valence-corrected chi connectivity index (χ4v) is 5.85. The molecule has 0 unspecified atom stereocenters. The van der Waals surface area contributed by atoms with Gasteiger partial charge in [0.1, 0.15) is 11.9 Å². The van der Waals surface area contributed by atoms with E-state index in [4.69, 9.17) is 35.3 Å². The number of sulfonamides is 1. The predicted octanol–water partition coefficient (Wildman–Crippen LogP) is 4.64. The highest BCUT2D eigenvalue weighted by molar-refractivity contribution is 7.92. The van der Waals surface area contributed by atoms with Gasteiger partial charge in [-0.1, -0.05) is 17.7 Å². The Hall–Kier alpha value is -3.34. The summed E-state index contributed by atoms with van der Waals surface area (Å²) in [6.07, 6.45) is 0.852. The molecular formula is C26H27ClN2O7S. The number of benzene rings is 3. The van der Waals surface area contributed by atoms with Gasteiger partial charge in [0.2, 0.25) is 6.79 Å². The molecule has 0 spiro atoms. The Morgan fingerprint density at radius 2 is 1.73 bits per heavy atom. The van der Waals surface area contributed by atoms with Gasteiger partial charge in [0.15, 0.2) is 23.0 Å². The highest BCUT2D eigenvalue weighted by Crippen LogP contribution is 2.42. The van der Waals surface area contributed by atoms with E-state index in [1.165, 1.54) is 20.3 Å². The van der Waals surface area contributed by atoms with Crippen LogP contribution in [0.3, 0.4) is 0 Å². The Labute approximate surface area is 220 Å². The smallest absolute Gasteiger partial charge is 0.262 e. The molecule has 1 atom stereocenters. The second kappa shape index (κ2) is 10.2. The van der Waals surface area contributed by atoms with E-state index in [-0.39, 0.29) is 23.5 Å². The van der Waals surface area contributed by atoms with Crippen molar-refractivity contribution < 1.29 is 32.1 Å². The summed E-state index contributed by atoms with van der Waals surface area (Å²) < 4.78 is 57.9. The minimum absolute atomic E-state index is 0.00106. The van der Waals surface area contributed by atoms with Crippen molar-refractivity contribution in [1.82, 2.24) is 4.90 Å². The maximum atomic E-state index is 13.7. The first-order valence-corrected chi connectivity index (χ1v) is 13.5. The summed E-state index contributed by atoms with van der Waals surface area (Å²) in [6.45, 7) is 1.81. The van der Waals surface area contributed by atoms with Crippen LogP contribution in [0.25, 0.3) is 11.1 Å². The first kappa shape index (κ1) is 25.3. The zero-order valence-corrected chi connectivity index (χ0v) is 22.2. The summed E-state index contributed by atoms with van der Waals surface area (Å²) in [5, 5.41) is 0.407. The van der Waals surface area contributed by atoms with E-state index in [0.29, 0.717) is 44.8 Å². The van der Waals surface area contributed by atoms with Crippen LogP contribution in [0.1, 0.15) is 6.42 Å². The van der Waals surface area contributed by atoms with Crippen LogP contribution in [0, 0.1) is 0 Å². The number of nitrogens with one attached hydrogen (secondary N) is 1. The topological polar surface area (TPSA) is 95.6 Å². The second-order valence-electron chi connectivity index (χ2n) is 8.81. The van der Waals surface area contributed by atoms with Gasteiger partial charge in [0.05, 0.1) is 29.8 Å². The highest BCUT2D eigenvalue weighted by atomic mass is 35.5. The number of hydrogen-bond acceptors (Lipinski definition) is 8. The molecule has 0 bridgehead atoms. The Kier molecular flexibility index (Phi) is 6.98. The third kappa shape index (κ3) is 5.22. The molecule has 0 aromatic heterocycles. The molecule has 11 heteroatoms. The number of halogens is 1. The number of hydrogen-bond donors (Lipinski definition) is 1. The lowest BCUT2D eigenvalue weighted by Gasteiger charge is -2.18. The lowest BCUT2D eigenvalue weighted by atomic mass is 10.0. The van der Waals surface area contributed by atoms with Crippen molar-refractivity contribution in [3.63, 3.8) is 0 Å². The number of anilines is 1. The van der Waals surface area contributed by atoms with E-state index in [9.17, 15) is 8.42 Å². The minimum Gasteiger partial charge on any atom is -0.493 e. The van der Waals surface area contributed by atoms with Crippen LogP contribution in [0.15, 0.2) is 53.4 Å². The largest absolute Gasteiger partial charge is 0.493 e. The van der Waals surface area contributed by atoms with E-state index in [2.05, 4.69) is 9.62 Å². The molecule has 1 N–H and O–H groups in total. The van der Waals surface area contributed by atoms with Gasteiger partial charge in [-0.25, -0.2) is 8.42 Å². The summed E-state index contributed by atoms with van der Waals surface area (Å²) in [5.74, 6) is 2.20. The van der Waals surface area contributed by atoms with Crippen LogP contribution in [-0.4, -0.2) is 60.6 Å². The molecule has 0 aliphatic carbocycles. The van der Waals surface area contributed by atoms with Crippen molar-refractivity contribution >= 4 is 27.3 Å². The maximum Gasteiger partial charge on any atom is 0.262 e. The third-order valence-electron chi connectivity index (χ3n) is 6.28. The van der Waals surface area contributed by atoms with Gasteiger partial charge in [0, 0.05) is 30.8 Å². The summed E-state index contributed by atoms with van der Waals surface area (Å²) in [4.78, 5) is 2.17. The van der Waals surface area contributed by atoms with E-state index in [1.807, 2.05) is 7.05 Å². The van der Waals surface area contributed by atoms with E-state index in [0.717, 1.165) is 19.5 Å². The molecule has 3 aromatic rings. The second-order valence-corrected chi connectivity index (χ2v) is 10.9. The predicted molar refractivity (Wildman–Crippen MR) is 140 cm³/mol. The Balaban J connectivity index is 1.52. The zero-order valence-electron chi connectivity index (χ0n) is 20.6. The molecule has 5 rings (SSSR count). The molecule has 2 aliphatic heterocycles. The van der Waals surface area contributed by atoms with Crippen molar-refractivity contribution in [3.8, 4) is 39.9 Å². The van der Waals surface area contributed by atoms with Crippen LogP contribution >= 0.6 is 11.6 Å². The van der Waals surface area contributed by atoms with Crippen molar-refractivity contribution in [2.75, 3.05) is 45.9 Å². The van der Waals surface area contributed by atoms with Crippen molar-refractivity contribution in [1.29, 1.82) is 0 Å². The van der Waals surface area contributed by atoms with Gasteiger partial charge in [0.25, 0.3) is 10.0 Å². The van der Waals surface area contributed by atoms with E-state index < -0.39 is 10.0 Å². The van der Waals surface area contributed by atoms with Gasteiger partial charge < -0.3 is 28.6 Å². The van der Waals surface area contributed by atoms with Crippen LogP contribution < -0.4 is 28.4 Å². The molecule has 0 amide bonds. The first-order valence-electron chi connectivity index (χ1n) is 11.6. The van der Waals surface area contributed by atoms with Crippen LogP contribution in [0.5, 0.6) is 28.7 Å². The third-order valence-corrected chi connectivity index (χ3v) is 8.02. The Morgan fingerprint density at radius 1 is 0.973 bits per heavy atom. The van der Waals surface area contributed by atoms with Gasteiger partial charge in [-0.3, -0.25) is 4.72 Å². The number of rotatable bonds is 8. The van der Waals surface area contributed by atoms with E-state index >= 15 is 0 Å². The molecule has 196 valence electrons. The highest BCUT2D eigenvalue weighted by Gasteiger charge is 2.26. The van der Waals surface area contributed by atoms with Gasteiger partial charge >= 0.3 is 0 Å². The molecule has 1 fully saturated rings. The van der Waals surface area contributed by atoms with E-state index in [1.54, 1.807) is 42.5 Å². The number of nitrogens with zero attached hydrogens (tertiary/aromatic N) is 1. The maximum absolute atomic E-state index is 13.7. The Morgan fingerprint density at radius 3 is 2.46 bits per heavy atom. The minimum atomic E-state index is -4.09. The molecule has 0 saturated carbocycles. The fourth-order valence-electron chi connectivity index (χ4n) is 4.41.